The summed E-state index contributed by atoms with van der Waals surface area (Å²) in [5.41, 5.74) is 0. The van der Waals surface area contributed by atoms with E-state index in [4.69, 9.17) is 4.74 Å². The van der Waals surface area contributed by atoms with Crippen molar-refractivity contribution < 1.29 is 4.74 Å². The summed E-state index contributed by atoms with van der Waals surface area (Å²) in [5, 5.41) is 3.73. The molecule has 2 heteroatoms. The fraction of sp³-hybridized carbons (Fsp3) is 1.00. The van der Waals surface area contributed by atoms with Gasteiger partial charge < -0.3 is 10.1 Å². The first-order chi connectivity index (χ1) is 7.75. The minimum Gasteiger partial charge on any atom is -0.381 e. The normalized spacial score (nSPS) is 37.5. The molecule has 0 bridgehead atoms. The van der Waals surface area contributed by atoms with E-state index < -0.39 is 0 Å². The molecule has 0 radical (unpaired) electrons. The van der Waals surface area contributed by atoms with Gasteiger partial charge in [-0.15, -0.1) is 0 Å². The monoisotopic (exact) mass is 225 g/mol. The second-order valence-corrected chi connectivity index (χ2v) is 5.95. The third-order valence-corrected chi connectivity index (χ3v) is 4.54. The summed E-state index contributed by atoms with van der Waals surface area (Å²) in [6.07, 6.45) is 6.99. The molecule has 2 aliphatic rings. The van der Waals surface area contributed by atoms with Gasteiger partial charge in [-0.3, -0.25) is 0 Å². The minimum atomic E-state index is 0.641. The molecule has 0 aromatic rings. The van der Waals surface area contributed by atoms with Gasteiger partial charge in [-0.05, 0) is 50.5 Å². The van der Waals surface area contributed by atoms with Crippen LogP contribution < -0.4 is 5.32 Å². The Kier molecular flexibility index (Phi) is 4.66. The standard InChI is InChI=1S/C14H27NO/c1-11-3-5-13(6-4-11)9-15-12(2)14-7-8-16-10-14/h11-15H,3-10H2,1-2H3. The van der Waals surface area contributed by atoms with Crippen LogP contribution in [0.1, 0.15) is 46.0 Å². The van der Waals surface area contributed by atoms with E-state index >= 15 is 0 Å². The molecule has 0 aromatic carbocycles. The zero-order valence-corrected chi connectivity index (χ0v) is 10.9. The van der Waals surface area contributed by atoms with Crippen molar-refractivity contribution in [2.75, 3.05) is 19.8 Å². The van der Waals surface area contributed by atoms with Crippen molar-refractivity contribution in [2.45, 2.75) is 52.0 Å². The first-order valence-corrected chi connectivity index (χ1v) is 7.07. The molecule has 1 saturated carbocycles. The van der Waals surface area contributed by atoms with Gasteiger partial charge in [-0.1, -0.05) is 19.8 Å². The Morgan fingerprint density at radius 1 is 1.19 bits per heavy atom. The number of hydrogen-bond acceptors (Lipinski definition) is 2. The second-order valence-electron chi connectivity index (χ2n) is 5.95. The first-order valence-electron chi connectivity index (χ1n) is 7.07. The van der Waals surface area contributed by atoms with Crippen molar-refractivity contribution in [1.29, 1.82) is 0 Å². The molecule has 1 aliphatic carbocycles. The van der Waals surface area contributed by atoms with Gasteiger partial charge in [0.2, 0.25) is 0 Å². The predicted molar refractivity (Wildman–Crippen MR) is 67.5 cm³/mol. The molecule has 94 valence electrons. The molecule has 2 fully saturated rings. The first kappa shape index (κ1) is 12.4. The maximum absolute atomic E-state index is 5.44. The average Bonchev–Trinajstić information content (AvgIpc) is 2.81. The Morgan fingerprint density at radius 2 is 1.94 bits per heavy atom. The van der Waals surface area contributed by atoms with Gasteiger partial charge in [-0.25, -0.2) is 0 Å². The molecular weight excluding hydrogens is 198 g/mol. The van der Waals surface area contributed by atoms with Crippen LogP contribution in [-0.2, 0) is 4.74 Å². The molecule has 16 heavy (non-hydrogen) atoms. The van der Waals surface area contributed by atoms with Gasteiger partial charge in [0.15, 0.2) is 0 Å². The second kappa shape index (κ2) is 6.02. The van der Waals surface area contributed by atoms with Gasteiger partial charge in [0.1, 0.15) is 0 Å². The third-order valence-electron chi connectivity index (χ3n) is 4.54. The molecule has 2 rings (SSSR count). The van der Waals surface area contributed by atoms with Crippen LogP contribution >= 0.6 is 0 Å². The Bertz CT molecular complexity index is 193. The molecule has 0 aromatic heterocycles. The summed E-state index contributed by atoms with van der Waals surface area (Å²) in [4.78, 5) is 0. The molecule has 1 saturated heterocycles. The van der Waals surface area contributed by atoms with Crippen molar-refractivity contribution in [2.24, 2.45) is 17.8 Å². The highest BCUT2D eigenvalue weighted by molar-refractivity contribution is 4.78. The zero-order chi connectivity index (χ0) is 11.4. The lowest BCUT2D eigenvalue weighted by Crippen LogP contribution is -2.37. The van der Waals surface area contributed by atoms with E-state index in [9.17, 15) is 0 Å². The zero-order valence-electron chi connectivity index (χ0n) is 10.9. The Hall–Kier alpha value is -0.0800. The highest BCUT2D eigenvalue weighted by Gasteiger charge is 2.23. The highest BCUT2D eigenvalue weighted by atomic mass is 16.5. The van der Waals surface area contributed by atoms with Crippen LogP contribution in [-0.4, -0.2) is 25.8 Å². The molecule has 2 atom stereocenters. The molecule has 0 spiro atoms. The van der Waals surface area contributed by atoms with E-state index in [1.807, 2.05) is 0 Å². The highest BCUT2D eigenvalue weighted by Crippen LogP contribution is 2.28. The third kappa shape index (κ3) is 3.46. The van der Waals surface area contributed by atoms with Crippen molar-refractivity contribution in [3.8, 4) is 0 Å². The summed E-state index contributed by atoms with van der Waals surface area (Å²) in [6.45, 7) is 7.88. The van der Waals surface area contributed by atoms with E-state index in [2.05, 4.69) is 19.2 Å². The molecule has 0 amide bonds. The van der Waals surface area contributed by atoms with Gasteiger partial charge in [0, 0.05) is 12.6 Å². The average molecular weight is 225 g/mol. The van der Waals surface area contributed by atoms with Crippen LogP contribution in [0.5, 0.6) is 0 Å². The number of hydrogen-bond donors (Lipinski definition) is 1. The summed E-state index contributed by atoms with van der Waals surface area (Å²) < 4.78 is 5.44. The van der Waals surface area contributed by atoms with Crippen LogP contribution in [0.3, 0.4) is 0 Å². The topological polar surface area (TPSA) is 21.3 Å². The smallest absolute Gasteiger partial charge is 0.0509 e. The molecule has 1 aliphatic heterocycles. The molecule has 2 nitrogen and oxygen atoms in total. The SMILES string of the molecule is CC1CCC(CNC(C)C2CCOC2)CC1. The number of rotatable bonds is 4. The summed E-state index contributed by atoms with van der Waals surface area (Å²) in [7, 11) is 0. The fourth-order valence-corrected chi connectivity index (χ4v) is 3.00. The van der Waals surface area contributed by atoms with Crippen LogP contribution in [0.25, 0.3) is 0 Å². The van der Waals surface area contributed by atoms with E-state index in [1.165, 1.54) is 38.6 Å². The van der Waals surface area contributed by atoms with Crippen LogP contribution in [0.2, 0.25) is 0 Å². The van der Waals surface area contributed by atoms with E-state index in [1.54, 1.807) is 0 Å². The van der Waals surface area contributed by atoms with Crippen molar-refractivity contribution >= 4 is 0 Å². The Labute approximate surface area is 100 Å². The number of ether oxygens (including phenoxy) is 1. The quantitative estimate of drug-likeness (QED) is 0.794. The van der Waals surface area contributed by atoms with Gasteiger partial charge >= 0.3 is 0 Å². The number of nitrogens with one attached hydrogen (secondary N) is 1. The van der Waals surface area contributed by atoms with E-state index in [-0.39, 0.29) is 0 Å². The summed E-state index contributed by atoms with van der Waals surface area (Å²) in [5.74, 6) is 2.65. The minimum absolute atomic E-state index is 0.641. The predicted octanol–water partition coefficient (Wildman–Crippen LogP) is 2.83. The van der Waals surface area contributed by atoms with Crippen molar-refractivity contribution in [3.05, 3.63) is 0 Å². The molecule has 1 N–H and O–H groups in total. The van der Waals surface area contributed by atoms with Crippen LogP contribution in [0.15, 0.2) is 0 Å². The molecular formula is C14H27NO. The van der Waals surface area contributed by atoms with Crippen molar-refractivity contribution in [3.63, 3.8) is 0 Å². The Morgan fingerprint density at radius 3 is 2.56 bits per heavy atom. The van der Waals surface area contributed by atoms with Gasteiger partial charge in [0.25, 0.3) is 0 Å². The fourth-order valence-electron chi connectivity index (χ4n) is 3.00. The van der Waals surface area contributed by atoms with Crippen LogP contribution in [0.4, 0.5) is 0 Å². The van der Waals surface area contributed by atoms with Gasteiger partial charge in [0.05, 0.1) is 6.61 Å². The lowest BCUT2D eigenvalue weighted by Gasteiger charge is -2.28. The molecule has 2 unspecified atom stereocenters. The summed E-state index contributed by atoms with van der Waals surface area (Å²) >= 11 is 0. The molecule has 1 heterocycles. The largest absolute Gasteiger partial charge is 0.381 e. The Balaban J connectivity index is 1.62. The van der Waals surface area contributed by atoms with E-state index in [0.717, 1.165) is 31.0 Å². The lowest BCUT2D eigenvalue weighted by atomic mass is 9.83. The maximum Gasteiger partial charge on any atom is 0.0509 e. The summed E-state index contributed by atoms with van der Waals surface area (Å²) in [6, 6.07) is 0.641. The van der Waals surface area contributed by atoms with Crippen LogP contribution in [0, 0.1) is 17.8 Å². The van der Waals surface area contributed by atoms with E-state index in [0.29, 0.717) is 6.04 Å². The van der Waals surface area contributed by atoms with Gasteiger partial charge in [-0.2, -0.15) is 0 Å². The van der Waals surface area contributed by atoms with Crippen molar-refractivity contribution in [1.82, 2.24) is 5.32 Å². The lowest BCUT2D eigenvalue weighted by molar-refractivity contribution is 0.176. The maximum atomic E-state index is 5.44.